The monoisotopic (exact) mass is 1240 g/mol. The van der Waals surface area contributed by atoms with E-state index in [0.717, 1.165) is 105 Å². The largest absolute Gasteiger partial charge is 0.508 e. The molecule has 6 bridgehead atoms. The summed E-state index contributed by atoms with van der Waals surface area (Å²) in [6, 6.07) is 29.0. The Balaban J connectivity index is 0.961. The number of H-pyrrole nitrogens is 1. The average Bonchev–Trinajstić information content (AvgIpc) is 1.02. The van der Waals surface area contributed by atoms with E-state index in [1.807, 2.05) is 60.7 Å². The molecule has 14 rings (SSSR count). The summed E-state index contributed by atoms with van der Waals surface area (Å²) in [4.78, 5) is 49.4. The van der Waals surface area contributed by atoms with E-state index >= 15 is 4.79 Å². The number of allylic oxidation sites excluding steroid dienone is 8. The fourth-order valence-electron chi connectivity index (χ4n) is 16.7. The summed E-state index contributed by atoms with van der Waals surface area (Å²) in [5.74, 6) is 7.42. The maximum absolute atomic E-state index is 15.6. The van der Waals surface area contributed by atoms with E-state index in [1.165, 1.54) is 25.7 Å². The average molecular weight is 1250 g/mol. The van der Waals surface area contributed by atoms with Crippen molar-refractivity contribution in [2.75, 3.05) is 25.1 Å². The third-order valence-corrected chi connectivity index (χ3v) is 20.9. The molecule has 14 heteroatoms. The predicted octanol–water partition coefficient (Wildman–Crippen LogP) is 15.0. The summed E-state index contributed by atoms with van der Waals surface area (Å²) in [5.41, 5.74) is 9.50. The summed E-state index contributed by atoms with van der Waals surface area (Å²) in [5, 5.41) is 52.2. The van der Waals surface area contributed by atoms with Gasteiger partial charge < -0.3 is 54.4 Å². The number of phenols is 3. The molecule has 8 atom stereocenters. The first kappa shape index (κ1) is 61.1. The first-order chi connectivity index (χ1) is 45.3. The molecule has 6 N–H and O–H groups in total. The number of benzene rings is 5. The van der Waals surface area contributed by atoms with Gasteiger partial charge in [-0.3, -0.25) is 14.4 Å². The number of carbonyl (C=O) groups excluding carboxylic acids is 3. The fraction of sp³-hybridized carbons (Fsp3) is 0.354. The highest BCUT2D eigenvalue weighted by Gasteiger charge is 2.51. The molecule has 1 spiro atoms. The van der Waals surface area contributed by atoms with Crippen LogP contribution in [0.1, 0.15) is 165 Å². The summed E-state index contributed by atoms with van der Waals surface area (Å²) in [6.07, 6.45) is 29.1. The number of aromatic amines is 1. The maximum Gasteiger partial charge on any atom is 0.302 e. The van der Waals surface area contributed by atoms with Gasteiger partial charge >= 0.3 is 5.97 Å². The van der Waals surface area contributed by atoms with Gasteiger partial charge in [-0.25, -0.2) is 0 Å². The molecule has 93 heavy (non-hydrogen) atoms. The number of nitrogens with zero attached hydrogens (tertiary/aromatic N) is 2. The maximum atomic E-state index is 15.6. The number of aromatic hydroxyl groups is 3. The van der Waals surface area contributed by atoms with Gasteiger partial charge in [0.1, 0.15) is 40.7 Å². The summed E-state index contributed by atoms with van der Waals surface area (Å²) in [7, 11) is 1.49. The quantitative estimate of drug-likeness (QED) is 0.0385. The van der Waals surface area contributed by atoms with Crippen LogP contribution in [-0.4, -0.2) is 73.8 Å². The zero-order valence-corrected chi connectivity index (χ0v) is 52.8. The zero-order valence-electron chi connectivity index (χ0n) is 52.8. The molecule has 0 radical (unpaired) electrons. The number of phenolic OH excluding ortho intramolecular Hbond substituents is 3. The van der Waals surface area contributed by atoms with Crippen molar-refractivity contribution in [2.45, 2.75) is 139 Å². The third kappa shape index (κ3) is 12.0. The summed E-state index contributed by atoms with van der Waals surface area (Å²) >= 11 is 0. The van der Waals surface area contributed by atoms with E-state index in [4.69, 9.17) is 14.2 Å². The number of esters is 1. The van der Waals surface area contributed by atoms with Gasteiger partial charge in [0.15, 0.2) is 11.5 Å². The molecule has 2 aliphatic heterocycles. The Morgan fingerprint density at radius 3 is 2.52 bits per heavy atom. The molecular formula is C79H80N4O10. The van der Waals surface area contributed by atoms with Crippen LogP contribution in [0.15, 0.2) is 175 Å². The molecule has 0 unspecified atom stereocenters. The first-order valence-corrected chi connectivity index (χ1v) is 33.2. The van der Waals surface area contributed by atoms with Gasteiger partial charge in [0, 0.05) is 110 Å². The lowest BCUT2D eigenvalue weighted by Gasteiger charge is -2.50. The van der Waals surface area contributed by atoms with Crippen LogP contribution >= 0.6 is 0 Å². The van der Waals surface area contributed by atoms with Crippen LogP contribution in [0, 0.1) is 29.1 Å². The number of rotatable bonds is 12. The molecule has 1 fully saturated rings. The number of Topliss-reactive ketones (excluding diaryl/α,β-unsaturated/α-hetero) is 2. The van der Waals surface area contributed by atoms with E-state index in [2.05, 4.69) is 98.8 Å². The van der Waals surface area contributed by atoms with Crippen LogP contribution in [0.5, 0.6) is 34.5 Å². The second kappa shape index (κ2) is 25.9. The standard InChI is InChI=1S/C79H80N4O10/c1-48(84)92-60-29-32-79-55-18-10-19-56(79)21-12-24-67(79)65-46-80-45-64(65)62(23-11-20-55)76(52-17-9-22-57(85)38-52)53-30-33-81-75(41-53)82(34-31-71(88)51-15-7-4-8-16-51)68-26-25-63-72(89)28-27-69-77(63)66(68)47-83(69)70(44-59(87)42-60)54-39-73(90)78(74(40-54)91-2)93-61-37-50(36-58(86)43-61)35-49-13-5-3-6-14-49/h3,5-6,9-10,12-14,17-19,22,24-26,30,36-41,43,45-47,51,56,60,62,67,70,72,76,80-81,85-86,89-90H,4,7-8,15-16,20-21,27-29,31-35,42,44H2,1-2H3/t56-,60-,62-,67-,70-,72-,76-,79-/m1/s1. The van der Waals surface area contributed by atoms with Crippen molar-refractivity contribution in [3.63, 3.8) is 0 Å². The van der Waals surface area contributed by atoms with Crippen molar-refractivity contribution >= 4 is 34.0 Å². The number of hydrogen-bond donors (Lipinski definition) is 6. The van der Waals surface area contributed by atoms with Gasteiger partial charge in [-0.05, 0) is 150 Å². The van der Waals surface area contributed by atoms with Crippen molar-refractivity contribution in [2.24, 2.45) is 17.3 Å². The second-order valence-corrected chi connectivity index (χ2v) is 26.5. The van der Waals surface area contributed by atoms with Crippen LogP contribution in [0.3, 0.4) is 0 Å². The lowest BCUT2D eigenvalue weighted by Crippen LogP contribution is -2.41. The number of fused-ring (bicyclic) bond motifs is 3. The summed E-state index contributed by atoms with van der Waals surface area (Å²) < 4.78 is 21.0. The number of carbonyl (C=O) groups is 3. The molecule has 476 valence electrons. The third-order valence-electron chi connectivity index (χ3n) is 20.9. The first-order valence-electron chi connectivity index (χ1n) is 33.2. The van der Waals surface area contributed by atoms with Crippen LogP contribution in [0.4, 0.5) is 5.69 Å². The second-order valence-electron chi connectivity index (χ2n) is 26.5. The molecule has 7 aromatic rings. The Hall–Kier alpha value is -9.45. The van der Waals surface area contributed by atoms with Gasteiger partial charge in [-0.2, -0.15) is 0 Å². The van der Waals surface area contributed by atoms with Gasteiger partial charge in [0.25, 0.3) is 0 Å². The van der Waals surface area contributed by atoms with Crippen LogP contribution in [0.25, 0.3) is 10.8 Å². The molecule has 5 aliphatic carbocycles. The number of nitrogens with one attached hydrogen (secondary N) is 2. The SMILES string of the molecule is COc1cc([C@H]2CC(=O)C[C@H](OC(C)=O)CC[C@@]34C5=CC=C[C@@H]3CC=C[C@@H]4c3c[nH]cc3[C@@H](C#CC5)[C@H](c3cccc(O)c3)C3=CCNC(=C3)N(CCC(=O)C3CCCCC3)c3ccc4c5c(n2cc35)CC[C@H]4O)cc(O)c1Oc1cc(O)cc(Cc2ccccc2)c1. The van der Waals surface area contributed by atoms with Crippen LogP contribution in [-0.2, 0) is 32.0 Å². The number of aromatic nitrogens is 2. The number of methoxy groups -OCH3 is 1. The van der Waals surface area contributed by atoms with E-state index < -0.39 is 35.6 Å². The Kier molecular flexibility index (Phi) is 17.0. The highest BCUT2D eigenvalue weighted by molar-refractivity contribution is 6.00. The lowest BCUT2D eigenvalue weighted by atomic mass is 9.53. The van der Waals surface area contributed by atoms with Crippen molar-refractivity contribution in [3.8, 4) is 46.3 Å². The van der Waals surface area contributed by atoms with E-state index in [9.17, 15) is 30.0 Å². The minimum atomic E-state index is -0.803. The number of dihydropyridines is 1. The molecule has 1 saturated carbocycles. The molecule has 14 nitrogen and oxygen atoms in total. The topological polar surface area (TPSA) is 196 Å². The highest BCUT2D eigenvalue weighted by atomic mass is 16.5. The fourth-order valence-corrected chi connectivity index (χ4v) is 16.7. The molecule has 2 aromatic heterocycles. The van der Waals surface area contributed by atoms with Gasteiger partial charge in [-0.1, -0.05) is 122 Å². The van der Waals surface area contributed by atoms with Crippen molar-refractivity contribution in [1.29, 1.82) is 0 Å². The van der Waals surface area contributed by atoms with E-state index in [0.29, 0.717) is 57.2 Å². The normalized spacial score (nSPS) is 24.3. The number of aryl methyl sites for hydroxylation is 1. The number of ether oxygens (including phenoxy) is 3. The Bertz CT molecular complexity index is 4280. The number of hydrogen-bond acceptors (Lipinski definition) is 12. The predicted molar refractivity (Wildman–Crippen MR) is 359 cm³/mol. The van der Waals surface area contributed by atoms with Crippen molar-refractivity contribution in [3.05, 3.63) is 220 Å². The van der Waals surface area contributed by atoms with E-state index in [-0.39, 0.29) is 89.0 Å². The smallest absolute Gasteiger partial charge is 0.302 e. The van der Waals surface area contributed by atoms with Crippen LogP contribution in [0.2, 0.25) is 0 Å². The molecule has 5 aromatic carbocycles. The Morgan fingerprint density at radius 1 is 0.839 bits per heavy atom. The zero-order chi connectivity index (χ0) is 63.9. The molecular weight excluding hydrogens is 1160 g/mol. The Labute approximate surface area is 543 Å². The van der Waals surface area contributed by atoms with Gasteiger partial charge in [-0.15, -0.1) is 0 Å². The molecule has 0 saturated heterocycles. The number of aliphatic hydroxyl groups excluding tert-OH is 1. The van der Waals surface area contributed by atoms with E-state index in [1.54, 1.807) is 24.3 Å². The number of ketones is 2. The Morgan fingerprint density at radius 2 is 1.69 bits per heavy atom. The van der Waals surface area contributed by atoms with Crippen molar-refractivity contribution < 1.29 is 49.0 Å². The van der Waals surface area contributed by atoms with Gasteiger partial charge in [0.05, 0.1) is 30.9 Å². The lowest BCUT2D eigenvalue weighted by molar-refractivity contribution is -0.148. The minimum Gasteiger partial charge on any atom is -0.508 e. The minimum absolute atomic E-state index is 0.0102. The van der Waals surface area contributed by atoms with Crippen molar-refractivity contribution in [1.82, 2.24) is 14.9 Å². The molecule has 7 aliphatic rings. The highest BCUT2D eigenvalue weighted by Crippen LogP contribution is 2.60. The number of anilines is 1. The van der Waals surface area contributed by atoms with Gasteiger partial charge in [0.2, 0.25) is 5.75 Å². The summed E-state index contributed by atoms with van der Waals surface area (Å²) in [6.45, 7) is 2.18. The molecule has 0 amide bonds. The molecule has 4 heterocycles. The number of aliphatic hydroxyl groups is 1. The van der Waals surface area contributed by atoms with Crippen LogP contribution < -0.4 is 19.7 Å².